The maximum atomic E-state index is 9.38. The van der Waals surface area contributed by atoms with Crippen LogP contribution >= 0.6 is 0 Å². The molecular formula is C4H6NO. The molecule has 2 heteroatoms. The summed E-state index contributed by atoms with van der Waals surface area (Å²) in [5.74, 6) is 0. The van der Waals surface area contributed by atoms with E-state index in [1.165, 1.54) is 6.08 Å². The summed E-state index contributed by atoms with van der Waals surface area (Å²) in [7, 11) is 0. The van der Waals surface area contributed by atoms with Gasteiger partial charge in [0, 0.05) is 0 Å². The van der Waals surface area contributed by atoms with Gasteiger partial charge in [0.1, 0.15) is 0 Å². The third kappa shape index (κ3) is 1.52. The van der Waals surface area contributed by atoms with Gasteiger partial charge < -0.3 is 0 Å². The first-order valence-corrected chi connectivity index (χ1v) is 1.60. The Labute approximate surface area is 36.8 Å². The van der Waals surface area contributed by atoms with E-state index in [0.29, 0.717) is 5.71 Å². The predicted octanol–water partition coefficient (Wildman–Crippen LogP) is 0.979. The third-order valence-corrected chi connectivity index (χ3v) is 0.439. The predicted molar refractivity (Wildman–Crippen MR) is 24.0 cm³/mol. The summed E-state index contributed by atoms with van der Waals surface area (Å²) in [6.45, 7) is 4.90. The largest absolute Gasteiger partial charge is 0.145 e. The Kier molecular flexibility index (Phi) is 2.13. The van der Waals surface area contributed by atoms with Gasteiger partial charge in [-0.3, -0.25) is 0 Å². The van der Waals surface area contributed by atoms with E-state index in [0.717, 1.165) is 0 Å². The Hall–Kier alpha value is -0.790. The molecular weight excluding hydrogens is 78.0 g/mol. The van der Waals surface area contributed by atoms with E-state index >= 15 is 0 Å². The van der Waals surface area contributed by atoms with Crippen molar-refractivity contribution in [1.82, 2.24) is 0 Å². The van der Waals surface area contributed by atoms with Crippen LogP contribution in [0.15, 0.2) is 17.8 Å². The van der Waals surface area contributed by atoms with Gasteiger partial charge in [-0.1, -0.05) is 6.58 Å². The fourth-order valence-corrected chi connectivity index (χ4v) is 0.0373. The molecule has 1 radical (unpaired) electrons. The van der Waals surface area contributed by atoms with E-state index in [9.17, 15) is 5.21 Å². The van der Waals surface area contributed by atoms with Gasteiger partial charge in [0.05, 0.1) is 5.71 Å². The molecule has 0 aliphatic rings. The molecule has 2 nitrogen and oxygen atoms in total. The van der Waals surface area contributed by atoms with Crippen LogP contribution in [0.2, 0.25) is 0 Å². The lowest BCUT2D eigenvalue weighted by atomic mass is 10.4. The second-order valence-electron chi connectivity index (χ2n) is 0.937. The molecule has 0 aromatic heterocycles. The molecule has 0 fully saturated rings. The molecule has 0 N–H and O–H groups in total. The number of nitrogens with zero attached hydrogens (tertiary/aromatic N) is 1. The van der Waals surface area contributed by atoms with E-state index in [1.54, 1.807) is 6.92 Å². The third-order valence-electron chi connectivity index (χ3n) is 0.439. The van der Waals surface area contributed by atoms with Gasteiger partial charge in [0.25, 0.3) is 0 Å². The van der Waals surface area contributed by atoms with Gasteiger partial charge in [-0.05, 0) is 18.2 Å². The maximum absolute atomic E-state index is 9.38. The SMILES string of the molecule is C=CC(C)=N[O]. The van der Waals surface area contributed by atoms with E-state index in [4.69, 9.17) is 0 Å². The summed E-state index contributed by atoms with van der Waals surface area (Å²) in [4.78, 5) is 0. The quantitative estimate of drug-likeness (QED) is 0.335. The Morgan fingerprint density at radius 2 is 2.50 bits per heavy atom. The van der Waals surface area contributed by atoms with Crippen LogP contribution in [0.4, 0.5) is 0 Å². The Balaban J connectivity index is 3.50. The fourth-order valence-electron chi connectivity index (χ4n) is 0.0373. The summed E-state index contributed by atoms with van der Waals surface area (Å²) in [5.41, 5.74) is 0.426. The number of allylic oxidation sites excluding steroid dienone is 1. The first kappa shape index (κ1) is 5.21. The molecule has 6 heavy (non-hydrogen) atoms. The van der Waals surface area contributed by atoms with Gasteiger partial charge in [-0.25, -0.2) is 0 Å². The standard InChI is InChI=1S/C4H6NO/c1-3-4(2)5-6/h3H,1H2,2H3. The minimum atomic E-state index is 0.426. The highest BCUT2D eigenvalue weighted by Crippen LogP contribution is 1.70. The molecule has 0 unspecified atom stereocenters. The maximum Gasteiger partial charge on any atom is 0.0812 e. The summed E-state index contributed by atoms with van der Waals surface area (Å²) >= 11 is 0. The normalized spacial score (nSPS) is 11.2. The Morgan fingerprint density at radius 1 is 2.00 bits per heavy atom. The molecule has 0 amide bonds. The zero-order valence-electron chi connectivity index (χ0n) is 3.64. The number of rotatable bonds is 1. The Bertz CT molecular complexity index is 75.6. The van der Waals surface area contributed by atoms with Crippen LogP contribution in [0.5, 0.6) is 0 Å². The molecule has 0 bridgehead atoms. The number of hydrogen-bond acceptors (Lipinski definition) is 1. The monoisotopic (exact) mass is 84.0 g/mol. The van der Waals surface area contributed by atoms with Gasteiger partial charge in [0.2, 0.25) is 0 Å². The van der Waals surface area contributed by atoms with Crippen molar-refractivity contribution in [1.29, 1.82) is 0 Å². The lowest BCUT2D eigenvalue weighted by Gasteiger charge is -1.72. The summed E-state index contributed by atoms with van der Waals surface area (Å²) in [5, 5.41) is 11.9. The summed E-state index contributed by atoms with van der Waals surface area (Å²) < 4.78 is 0. The second-order valence-corrected chi connectivity index (χ2v) is 0.937. The molecule has 0 heterocycles. The van der Waals surface area contributed by atoms with Crippen LogP contribution < -0.4 is 0 Å². The van der Waals surface area contributed by atoms with Crippen molar-refractivity contribution < 1.29 is 5.21 Å². The molecule has 0 aliphatic heterocycles. The Morgan fingerprint density at radius 3 is 2.50 bits per heavy atom. The summed E-state index contributed by atoms with van der Waals surface area (Å²) in [6, 6.07) is 0. The highest BCUT2D eigenvalue weighted by Gasteiger charge is 1.73. The van der Waals surface area contributed by atoms with Crippen molar-refractivity contribution in [3.05, 3.63) is 12.7 Å². The van der Waals surface area contributed by atoms with E-state index < -0.39 is 0 Å². The van der Waals surface area contributed by atoms with Crippen molar-refractivity contribution in [2.75, 3.05) is 0 Å². The zero-order valence-corrected chi connectivity index (χ0v) is 3.64. The number of hydrogen-bond donors (Lipinski definition) is 0. The second kappa shape index (κ2) is 2.45. The molecule has 0 saturated carbocycles. The van der Waals surface area contributed by atoms with Gasteiger partial charge in [-0.15, -0.1) is 5.21 Å². The fraction of sp³-hybridized carbons (Fsp3) is 0.250. The highest BCUT2D eigenvalue weighted by molar-refractivity contribution is 5.91. The minimum absolute atomic E-state index is 0.426. The van der Waals surface area contributed by atoms with Crippen molar-refractivity contribution >= 4 is 5.71 Å². The van der Waals surface area contributed by atoms with E-state index in [-0.39, 0.29) is 0 Å². The first-order valence-electron chi connectivity index (χ1n) is 1.60. The minimum Gasteiger partial charge on any atom is -0.145 e. The smallest absolute Gasteiger partial charge is 0.0812 e. The average molecular weight is 84.1 g/mol. The van der Waals surface area contributed by atoms with Gasteiger partial charge >= 0.3 is 0 Å². The van der Waals surface area contributed by atoms with Crippen LogP contribution in [0, 0.1) is 0 Å². The lowest BCUT2D eigenvalue weighted by molar-refractivity contribution is 0.209. The van der Waals surface area contributed by atoms with Gasteiger partial charge in [0.15, 0.2) is 0 Å². The average Bonchev–Trinajstić information content (AvgIpc) is 1.65. The molecule has 0 saturated heterocycles. The molecule has 0 aliphatic carbocycles. The molecule has 0 aromatic carbocycles. The van der Waals surface area contributed by atoms with E-state index in [2.05, 4.69) is 11.7 Å². The van der Waals surface area contributed by atoms with Crippen molar-refractivity contribution in [2.24, 2.45) is 5.16 Å². The van der Waals surface area contributed by atoms with Crippen molar-refractivity contribution in [3.8, 4) is 0 Å². The van der Waals surface area contributed by atoms with Crippen LogP contribution in [-0.4, -0.2) is 5.71 Å². The summed E-state index contributed by atoms with van der Waals surface area (Å²) in [6.07, 6.45) is 1.41. The molecule has 0 aromatic rings. The van der Waals surface area contributed by atoms with Crippen LogP contribution in [-0.2, 0) is 5.21 Å². The molecule has 0 atom stereocenters. The van der Waals surface area contributed by atoms with E-state index in [1.807, 2.05) is 0 Å². The van der Waals surface area contributed by atoms with Crippen LogP contribution in [0.25, 0.3) is 0 Å². The van der Waals surface area contributed by atoms with Crippen molar-refractivity contribution in [2.45, 2.75) is 6.92 Å². The molecule has 0 rings (SSSR count). The first-order chi connectivity index (χ1) is 2.81. The molecule has 33 valence electrons. The van der Waals surface area contributed by atoms with Crippen LogP contribution in [0.3, 0.4) is 0 Å². The van der Waals surface area contributed by atoms with Crippen LogP contribution in [0.1, 0.15) is 6.92 Å². The zero-order chi connectivity index (χ0) is 4.99. The molecule has 0 spiro atoms. The highest BCUT2D eigenvalue weighted by atomic mass is 16.4. The lowest BCUT2D eigenvalue weighted by Crippen LogP contribution is -1.77. The van der Waals surface area contributed by atoms with Crippen molar-refractivity contribution in [3.63, 3.8) is 0 Å². The topological polar surface area (TPSA) is 32.3 Å². The van der Waals surface area contributed by atoms with Gasteiger partial charge in [-0.2, -0.15) is 0 Å².